The van der Waals surface area contributed by atoms with Gasteiger partial charge in [-0.15, -0.1) is 0 Å². The van der Waals surface area contributed by atoms with Crippen molar-refractivity contribution >= 4 is 31.9 Å². The highest BCUT2D eigenvalue weighted by molar-refractivity contribution is 7.92. The fourth-order valence-electron chi connectivity index (χ4n) is 3.04. The van der Waals surface area contributed by atoms with Crippen molar-refractivity contribution in [1.29, 1.82) is 0 Å². The molecule has 1 aliphatic heterocycles. The number of sulfone groups is 1. The maximum absolute atomic E-state index is 11.6. The first kappa shape index (κ1) is 15.7. The first-order valence-electron chi connectivity index (χ1n) is 7.26. The minimum atomic E-state index is -3.43. The van der Waals surface area contributed by atoms with Crippen LogP contribution >= 0.6 is 11.3 Å². The molecule has 2 heterocycles. The molecule has 122 valence electrons. The number of thiophene rings is 1. The van der Waals surface area contributed by atoms with Gasteiger partial charge in [0.1, 0.15) is 4.21 Å². The van der Waals surface area contributed by atoms with E-state index in [9.17, 15) is 18.5 Å². The molecule has 1 N–H and O–H groups in total. The van der Waals surface area contributed by atoms with E-state index in [0.29, 0.717) is 17.1 Å². The number of nitrogens with zero attached hydrogens (tertiary/aromatic N) is 2. The molecule has 2 atom stereocenters. The Hall–Kier alpha value is -1.19. The van der Waals surface area contributed by atoms with Gasteiger partial charge in [-0.1, -0.05) is 11.3 Å². The third-order valence-corrected chi connectivity index (χ3v) is 7.08. The topological polar surface area (TPSA) is 92.5 Å². The summed E-state index contributed by atoms with van der Waals surface area (Å²) in [6.45, 7) is 3.03. The zero-order valence-corrected chi connectivity index (χ0v) is 14.1. The van der Waals surface area contributed by atoms with Crippen LogP contribution in [-0.2, 0) is 9.84 Å². The summed E-state index contributed by atoms with van der Waals surface area (Å²) in [5.41, 5.74) is -0.150. The maximum Gasteiger partial charge on any atom is 0.304 e. The average molecular weight is 345 g/mol. The summed E-state index contributed by atoms with van der Waals surface area (Å²) in [4.78, 5) is 13.1. The van der Waals surface area contributed by atoms with Crippen LogP contribution in [0.25, 0.3) is 0 Å². The van der Waals surface area contributed by atoms with E-state index in [1.807, 2.05) is 0 Å². The zero-order valence-electron chi connectivity index (χ0n) is 12.5. The predicted molar refractivity (Wildman–Crippen MR) is 85.3 cm³/mol. The van der Waals surface area contributed by atoms with Gasteiger partial charge in [-0.3, -0.25) is 15.0 Å². The monoisotopic (exact) mass is 345 g/mol. The van der Waals surface area contributed by atoms with Crippen molar-refractivity contribution in [3.8, 4) is 0 Å². The Kier molecular flexibility index (Phi) is 3.90. The standard InChI is InChI=1S/C13H19N3O4S2/c1-8-5-9(7-15(8)10-3-4-10)14-13-11(16(17)18)6-12(21-13)22(2,19)20/h6,8-10,14H,3-5,7H2,1-2H3/t8-,9-/m0/s1. The minimum absolute atomic E-state index is 0.0341. The SMILES string of the molecule is C[C@H]1C[C@H](Nc2sc(S(C)(=O)=O)cc2[N+](=O)[O-])CN1C1CC1. The van der Waals surface area contributed by atoms with Crippen molar-refractivity contribution in [3.63, 3.8) is 0 Å². The second-order valence-corrected chi connectivity index (χ2v) is 9.46. The number of hydrogen-bond acceptors (Lipinski definition) is 7. The van der Waals surface area contributed by atoms with E-state index in [-0.39, 0.29) is 15.9 Å². The Labute approximate surface area is 133 Å². The van der Waals surface area contributed by atoms with Gasteiger partial charge in [0.05, 0.1) is 4.92 Å². The lowest BCUT2D eigenvalue weighted by atomic mass is 10.2. The van der Waals surface area contributed by atoms with Gasteiger partial charge in [0.2, 0.25) is 0 Å². The van der Waals surface area contributed by atoms with Crippen LogP contribution < -0.4 is 5.32 Å². The quantitative estimate of drug-likeness (QED) is 0.649. The summed E-state index contributed by atoms with van der Waals surface area (Å²) in [6, 6.07) is 2.39. The van der Waals surface area contributed by atoms with E-state index < -0.39 is 14.8 Å². The molecular weight excluding hydrogens is 326 g/mol. The van der Waals surface area contributed by atoms with Gasteiger partial charge in [-0.2, -0.15) is 0 Å². The Bertz CT molecular complexity index is 696. The zero-order chi connectivity index (χ0) is 16.1. The number of nitro groups is 1. The molecule has 2 fully saturated rings. The molecule has 3 rings (SSSR count). The third-order valence-electron chi connectivity index (χ3n) is 4.23. The number of likely N-dealkylation sites (tertiary alicyclic amines) is 1. The van der Waals surface area contributed by atoms with Crippen LogP contribution in [0.4, 0.5) is 10.7 Å². The molecule has 1 aromatic heterocycles. The first-order valence-corrected chi connectivity index (χ1v) is 9.97. The van der Waals surface area contributed by atoms with E-state index in [1.165, 1.54) is 12.8 Å². The first-order chi connectivity index (χ1) is 10.3. The van der Waals surface area contributed by atoms with Gasteiger partial charge in [-0.25, -0.2) is 8.42 Å². The van der Waals surface area contributed by atoms with Gasteiger partial charge < -0.3 is 5.32 Å². The van der Waals surface area contributed by atoms with E-state index in [0.717, 1.165) is 36.6 Å². The van der Waals surface area contributed by atoms with Crippen molar-refractivity contribution in [3.05, 3.63) is 16.2 Å². The van der Waals surface area contributed by atoms with Gasteiger partial charge >= 0.3 is 5.69 Å². The third kappa shape index (κ3) is 3.11. The summed E-state index contributed by atoms with van der Waals surface area (Å²) < 4.78 is 23.3. The van der Waals surface area contributed by atoms with Crippen molar-refractivity contribution in [1.82, 2.24) is 4.90 Å². The number of anilines is 1. The Balaban J connectivity index is 1.80. The van der Waals surface area contributed by atoms with Crippen LogP contribution in [0.2, 0.25) is 0 Å². The number of rotatable bonds is 5. The molecule has 1 aromatic rings. The summed E-state index contributed by atoms with van der Waals surface area (Å²) in [7, 11) is -3.43. The Morgan fingerprint density at radius 2 is 2.14 bits per heavy atom. The van der Waals surface area contributed by atoms with Gasteiger partial charge in [0, 0.05) is 37.0 Å². The van der Waals surface area contributed by atoms with E-state index in [1.54, 1.807) is 0 Å². The lowest BCUT2D eigenvalue weighted by Gasteiger charge is -2.19. The molecule has 22 heavy (non-hydrogen) atoms. The highest BCUT2D eigenvalue weighted by Gasteiger charge is 2.39. The second-order valence-electron chi connectivity index (χ2n) is 6.16. The molecule has 9 heteroatoms. The fourth-order valence-corrected chi connectivity index (χ4v) is 5.06. The minimum Gasteiger partial charge on any atom is -0.367 e. The molecule has 2 aliphatic rings. The molecule has 0 aromatic carbocycles. The van der Waals surface area contributed by atoms with Crippen LogP contribution in [0.15, 0.2) is 10.3 Å². The Morgan fingerprint density at radius 1 is 1.45 bits per heavy atom. The van der Waals surface area contributed by atoms with Gasteiger partial charge in [-0.05, 0) is 26.2 Å². The van der Waals surface area contributed by atoms with Crippen LogP contribution in [0.3, 0.4) is 0 Å². The van der Waals surface area contributed by atoms with E-state index in [2.05, 4.69) is 17.1 Å². The van der Waals surface area contributed by atoms with Crippen molar-refractivity contribution in [2.45, 2.75) is 48.5 Å². The Morgan fingerprint density at radius 3 is 2.68 bits per heavy atom. The average Bonchev–Trinajstić information content (AvgIpc) is 3.03. The van der Waals surface area contributed by atoms with E-state index in [4.69, 9.17) is 0 Å². The summed E-state index contributed by atoms with van der Waals surface area (Å²) >= 11 is 0.949. The van der Waals surface area contributed by atoms with Crippen LogP contribution in [-0.4, -0.2) is 49.2 Å². The highest BCUT2D eigenvalue weighted by atomic mass is 32.2. The van der Waals surface area contributed by atoms with Crippen molar-refractivity contribution < 1.29 is 13.3 Å². The number of nitrogens with one attached hydrogen (secondary N) is 1. The molecule has 1 saturated carbocycles. The molecular formula is C13H19N3O4S2. The van der Waals surface area contributed by atoms with Crippen LogP contribution in [0.1, 0.15) is 26.2 Å². The number of hydrogen-bond donors (Lipinski definition) is 1. The lowest BCUT2D eigenvalue weighted by Crippen LogP contribution is -2.30. The predicted octanol–water partition coefficient (Wildman–Crippen LogP) is 2.10. The lowest BCUT2D eigenvalue weighted by molar-refractivity contribution is -0.383. The van der Waals surface area contributed by atoms with Gasteiger partial charge in [0.25, 0.3) is 0 Å². The van der Waals surface area contributed by atoms with E-state index >= 15 is 0 Å². The molecule has 1 saturated heterocycles. The molecule has 1 aliphatic carbocycles. The normalized spacial score (nSPS) is 26.3. The fraction of sp³-hybridized carbons (Fsp3) is 0.692. The molecule has 7 nitrogen and oxygen atoms in total. The smallest absolute Gasteiger partial charge is 0.304 e. The maximum atomic E-state index is 11.6. The largest absolute Gasteiger partial charge is 0.367 e. The second kappa shape index (κ2) is 5.47. The highest BCUT2D eigenvalue weighted by Crippen LogP contribution is 2.39. The van der Waals surface area contributed by atoms with Crippen molar-refractivity contribution in [2.24, 2.45) is 0 Å². The van der Waals surface area contributed by atoms with Crippen molar-refractivity contribution in [2.75, 3.05) is 18.1 Å². The van der Waals surface area contributed by atoms with Crippen LogP contribution in [0, 0.1) is 10.1 Å². The summed E-state index contributed by atoms with van der Waals surface area (Å²) in [6.07, 6.45) is 4.45. The summed E-state index contributed by atoms with van der Waals surface area (Å²) in [5, 5.41) is 14.7. The molecule has 0 bridgehead atoms. The molecule has 0 spiro atoms. The molecule has 0 unspecified atom stereocenters. The summed E-state index contributed by atoms with van der Waals surface area (Å²) in [5.74, 6) is 0. The molecule has 0 radical (unpaired) electrons. The van der Waals surface area contributed by atoms with Crippen LogP contribution in [0.5, 0.6) is 0 Å². The van der Waals surface area contributed by atoms with Gasteiger partial charge in [0.15, 0.2) is 14.8 Å². The molecule has 0 amide bonds.